The van der Waals surface area contributed by atoms with E-state index in [2.05, 4.69) is 50.7 Å². The molecular weight excluding hydrogens is 260 g/mol. The zero-order valence-electron chi connectivity index (χ0n) is 12.3. The fourth-order valence-electron chi connectivity index (χ4n) is 3.68. The quantitative estimate of drug-likeness (QED) is 0.909. The topological polar surface area (TPSA) is 44.0 Å². The minimum absolute atomic E-state index is 0.495. The van der Waals surface area contributed by atoms with Crippen molar-refractivity contribution in [3.05, 3.63) is 47.2 Å². The maximum absolute atomic E-state index is 4.45. The number of aromatic nitrogens is 2. The van der Waals surface area contributed by atoms with Crippen molar-refractivity contribution in [3.63, 3.8) is 0 Å². The lowest BCUT2D eigenvalue weighted by atomic mass is 9.95. The van der Waals surface area contributed by atoms with Gasteiger partial charge in [0.15, 0.2) is 5.82 Å². The highest BCUT2D eigenvalue weighted by atomic mass is 15.2. The Morgan fingerprint density at radius 1 is 1.19 bits per heavy atom. The van der Waals surface area contributed by atoms with Crippen LogP contribution in [0.3, 0.4) is 0 Å². The lowest BCUT2D eigenvalue weighted by molar-refractivity contribution is 0.136. The van der Waals surface area contributed by atoms with Gasteiger partial charge in [-0.05, 0) is 31.4 Å². The number of aromatic amines is 1. The van der Waals surface area contributed by atoms with Crippen molar-refractivity contribution >= 4 is 5.82 Å². The molecule has 0 radical (unpaired) electrons. The molecular formula is C17H22N4. The van der Waals surface area contributed by atoms with Crippen LogP contribution in [0.5, 0.6) is 0 Å². The van der Waals surface area contributed by atoms with Gasteiger partial charge < -0.3 is 5.32 Å². The molecule has 1 unspecified atom stereocenters. The average molecular weight is 282 g/mol. The summed E-state index contributed by atoms with van der Waals surface area (Å²) in [4.78, 5) is 2.62. The standard InChI is InChI=1S/C17H22N4/c1-2-6-13(7-3-1)12-21-11-5-4-8-15(21)16-14-9-10-18-17(14)20-19-16/h1-3,6-7,15H,4-5,8-12H2,(H2,18,19,20). The first-order valence-corrected chi connectivity index (χ1v) is 8.01. The van der Waals surface area contributed by atoms with Crippen LogP contribution in [-0.4, -0.2) is 28.2 Å². The summed E-state index contributed by atoms with van der Waals surface area (Å²) in [7, 11) is 0. The number of hydrogen-bond donors (Lipinski definition) is 2. The van der Waals surface area contributed by atoms with Crippen molar-refractivity contribution in [1.29, 1.82) is 0 Å². The lowest BCUT2D eigenvalue weighted by Gasteiger charge is -2.35. The average Bonchev–Trinajstić information content (AvgIpc) is 3.12. The van der Waals surface area contributed by atoms with Crippen LogP contribution in [0.4, 0.5) is 5.82 Å². The molecule has 0 bridgehead atoms. The molecule has 4 nitrogen and oxygen atoms in total. The minimum Gasteiger partial charge on any atom is -0.368 e. The zero-order valence-corrected chi connectivity index (χ0v) is 12.3. The van der Waals surface area contributed by atoms with Crippen LogP contribution in [0.25, 0.3) is 0 Å². The van der Waals surface area contributed by atoms with E-state index in [1.165, 1.54) is 42.6 Å². The van der Waals surface area contributed by atoms with E-state index in [1.54, 1.807) is 0 Å². The van der Waals surface area contributed by atoms with E-state index in [4.69, 9.17) is 0 Å². The van der Waals surface area contributed by atoms with Gasteiger partial charge in [0, 0.05) is 18.7 Å². The van der Waals surface area contributed by atoms with E-state index in [0.29, 0.717) is 6.04 Å². The highest BCUT2D eigenvalue weighted by Crippen LogP contribution is 2.36. The fraction of sp³-hybridized carbons (Fsp3) is 0.471. The number of rotatable bonds is 3. The molecule has 0 saturated carbocycles. The molecule has 110 valence electrons. The third-order valence-electron chi connectivity index (χ3n) is 4.74. The summed E-state index contributed by atoms with van der Waals surface area (Å²) < 4.78 is 0. The smallest absolute Gasteiger partial charge is 0.151 e. The predicted molar refractivity (Wildman–Crippen MR) is 84.2 cm³/mol. The molecule has 1 aromatic heterocycles. The van der Waals surface area contributed by atoms with E-state index in [0.717, 1.165) is 25.3 Å². The number of likely N-dealkylation sites (tertiary alicyclic amines) is 1. The first-order chi connectivity index (χ1) is 10.4. The van der Waals surface area contributed by atoms with Gasteiger partial charge >= 0.3 is 0 Å². The van der Waals surface area contributed by atoms with Crippen molar-refractivity contribution in [2.24, 2.45) is 0 Å². The van der Waals surface area contributed by atoms with Crippen LogP contribution < -0.4 is 5.32 Å². The first-order valence-electron chi connectivity index (χ1n) is 8.01. The van der Waals surface area contributed by atoms with Crippen LogP contribution in [0.15, 0.2) is 30.3 Å². The number of nitrogens with one attached hydrogen (secondary N) is 2. The lowest BCUT2D eigenvalue weighted by Crippen LogP contribution is -2.33. The Morgan fingerprint density at radius 2 is 2.10 bits per heavy atom. The number of fused-ring (bicyclic) bond motifs is 1. The van der Waals surface area contributed by atoms with E-state index >= 15 is 0 Å². The van der Waals surface area contributed by atoms with Crippen molar-refractivity contribution in [3.8, 4) is 0 Å². The summed E-state index contributed by atoms with van der Waals surface area (Å²) in [6, 6.07) is 11.3. The van der Waals surface area contributed by atoms with Gasteiger partial charge in [-0.1, -0.05) is 36.8 Å². The van der Waals surface area contributed by atoms with E-state index < -0.39 is 0 Å². The number of H-pyrrole nitrogens is 1. The Morgan fingerprint density at radius 3 is 3.00 bits per heavy atom. The maximum Gasteiger partial charge on any atom is 0.151 e. The van der Waals surface area contributed by atoms with Gasteiger partial charge in [-0.15, -0.1) is 0 Å². The second-order valence-electron chi connectivity index (χ2n) is 6.11. The van der Waals surface area contributed by atoms with Gasteiger partial charge in [0.25, 0.3) is 0 Å². The van der Waals surface area contributed by atoms with Crippen LogP contribution in [0, 0.1) is 0 Å². The Balaban J connectivity index is 1.59. The van der Waals surface area contributed by atoms with Gasteiger partial charge in [0.05, 0.1) is 11.7 Å². The van der Waals surface area contributed by atoms with E-state index in [-0.39, 0.29) is 0 Å². The van der Waals surface area contributed by atoms with E-state index in [9.17, 15) is 0 Å². The summed E-state index contributed by atoms with van der Waals surface area (Å²) in [6.07, 6.45) is 4.97. The number of benzene rings is 1. The number of piperidine rings is 1. The zero-order chi connectivity index (χ0) is 14.1. The molecule has 21 heavy (non-hydrogen) atoms. The molecule has 2 aliphatic heterocycles. The summed E-state index contributed by atoms with van der Waals surface area (Å²) in [6.45, 7) is 3.25. The second kappa shape index (κ2) is 5.53. The summed E-state index contributed by atoms with van der Waals surface area (Å²) in [5, 5.41) is 11.1. The highest BCUT2D eigenvalue weighted by Gasteiger charge is 2.30. The molecule has 1 atom stereocenters. The second-order valence-corrected chi connectivity index (χ2v) is 6.11. The molecule has 4 rings (SSSR count). The van der Waals surface area contributed by atoms with Crippen molar-refractivity contribution in [1.82, 2.24) is 15.1 Å². The summed E-state index contributed by atoms with van der Waals surface area (Å²) >= 11 is 0. The van der Waals surface area contributed by atoms with Crippen LogP contribution >= 0.6 is 0 Å². The van der Waals surface area contributed by atoms with Crippen LogP contribution in [0.2, 0.25) is 0 Å². The largest absolute Gasteiger partial charge is 0.368 e. The molecule has 2 N–H and O–H groups in total. The third-order valence-corrected chi connectivity index (χ3v) is 4.74. The Kier molecular flexibility index (Phi) is 3.39. The van der Waals surface area contributed by atoms with Gasteiger partial charge in [0.2, 0.25) is 0 Å². The van der Waals surface area contributed by atoms with Crippen molar-refractivity contribution in [2.45, 2.75) is 38.3 Å². The molecule has 1 fully saturated rings. The molecule has 4 heteroatoms. The molecule has 1 aromatic carbocycles. The number of anilines is 1. The number of hydrogen-bond acceptors (Lipinski definition) is 3. The minimum atomic E-state index is 0.495. The van der Waals surface area contributed by atoms with Gasteiger partial charge in [-0.3, -0.25) is 10.00 Å². The normalized spacial score (nSPS) is 22.0. The Labute approximate surface area is 125 Å². The molecule has 2 aromatic rings. The predicted octanol–water partition coefficient (Wildman–Crippen LogP) is 3.10. The molecule has 3 heterocycles. The highest BCUT2D eigenvalue weighted by molar-refractivity contribution is 5.52. The maximum atomic E-state index is 4.45. The molecule has 0 aliphatic carbocycles. The SMILES string of the molecule is c1ccc(CN2CCCCC2c2[nH]nc3c2CCN3)cc1. The van der Waals surface area contributed by atoms with Crippen molar-refractivity contribution < 1.29 is 0 Å². The Hall–Kier alpha value is -1.81. The Bertz CT molecular complexity index is 605. The molecule has 0 amide bonds. The molecule has 2 aliphatic rings. The number of nitrogens with zero attached hydrogens (tertiary/aromatic N) is 2. The first kappa shape index (κ1) is 12.9. The monoisotopic (exact) mass is 282 g/mol. The van der Waals surface area contributed by atoms with E-state index in [1.807, 2.05) is 0 Å². The van der Waals surface area contributed by atoms with Crippen LogP contribution in [0.1, 0.15) is 42.1 Å². The summed E-state index contributed by atoms with van der Waals surface area (Å²) in [5.74, 6) is 1.08. The van der Waals surface area contributed by atoms with Gasteiger partial charge in [0.1, 0.15) is 0 Å². The summed E-state index contributed by atoms with van der Waals surface area (Å²) in [5.41, 5.74) is 4.17. The van der Waals surface area contributed by atoms with Crippen molar-refractivity contribution in [2.75, 3.05) is 18.4 Å². The van der Waals surface area contributed by atoms with Gasteiger partial charge in [-0.2, -0.15) is 5.10 Å². The fourth-order valence-corrected chi connectivity index (χ4v) is 3.68. The molecule has 1 saturated heterocycles. The van der Waals surface area contributed by atoms with Crippen LogP contribution in [-0.2, 0) is 13.0 Å². The third kappa shape index (κ3) is 2.44. The van der Waals surface area contributed by atoms with Gasteiger partial charge in [-0.25, -0.2) is 0 Å². The molecule has 0 spiro atoms.